The predicted molar refractivity (Wildman–Crippen MR) is 86.3 cm³/mol. The van der Waals surface area contributed by atoms with Crippen molar-refractivity contribution in [3.63, 3.8) is 0 Å². The number of hydrogen-bond donors (Lipinski definition) is 1. The number of hydrogen-bond acceptors (Lipinski definition) is 4. The zero-order valence-electron chi connectivity index (χ0n) is 12.5. The molecule has 0 aliphatic carbocycles. The summed E-state index contributed by atoms with van der Waals surface area (Å²) in [6, 6.07) is 8.80. The van der Waals surface area contributed by atoms with Crippen LogP contribution in [0.25, 0.3) is 0 Å². The molecule has 5 heteroatoms. The molecule has 4 nitrogen and oxygen atoms in total. The highest BCUT2D eigenvalue weighted by Gasteiger charge is 2.15. The highest BCUT2D eigenvalue weighted by molar-refractivity contribution is 7.98. The first-order valence-electron chi connectivity index (χ1n) is 7.70. The van der Waals surface area contributed by atoms with E-state index in [1.165, 1.54) is 23.3 Å². The van der Waals surface area contributed by atoms with Gasteiger partial charge in [0.1, 0.15) is 11.6 Å². The zero-order valence-corrected chi connectivity index (χ0v) is 13.3. The first-order valence-corrected chi connectivity index (χ1v) is 8.69. The smallest absolute Gasteiger partial charge is 0.143 e. The van der Waals surface area contributed by atoms with Gasteiger partial charge in [0.15, 0.2) is 0 Å². The van der Waals surface area contributed by atoms with Crippen LogP contribution in [0.4, 0.5) is 0 Å². The average Bonchev–Trinajstić information content (AvgIpc) is 2.95. The molecule has 2 heterocycles. The normalized spacial score (nSPS) is 14.1. The van der Waals surface area contributed by atoms with Crippen LogP contribution in [0, 0.1) is 0 Å². The highest BCUT2D eigenvalue weighted by atomic mass is 32.2. The van der Waals surface area contributed by atoms with Crippen LogP contribution in [0.2, 0.25) is 0 Å². The van der Waals surface area contributed by atoms with Crippen LogP contribution in [0.1, 0.15) is 37.0 Å². The molecule has 1 aromatic heterocycles. The van der Waals surface area contributed by atoms with Crippen molar-refractivity contribution in [3.05, 3.63) is 41.5 Å². The van der Waals surface area contributed by atoms with Gasteiger partial charge >= 0.3 is 0 Å². The van der Waals surface area contributed by atoms with E-state index in [1.54, 1.807) is 0 Å². The van der Waals surface area contributed by atoms with E-state index in [9.17, 15) is 0 Å². The van der Waals surface area contributed by atoms with Gasteiger partial charge < -0.3 is 9.88 Å². The van der Waals surface area contributed by atoms with E-state index in [2.05, 4.69) is 51.3 Å². The first-order chi connectivity index (χ1) is 10.4. The van der Waals surface area contributed by atoms with Crippen LogP contribution in [0.5, 0.6) is 0 Å². The molecule has 1 aliphatic heterocycles. The van der Waals surface area contributed by atoms with Gasteiger partial charge in [-0.3, -0.25) is 0 Å². The molecule has 0 atom stereocenters. The molecule has 0 fully saturated rings. The number of fused-ring (bicyclic) bond motifs is 1. The third-order valence-electron chi connectivity index (χ3n) is 3.81. The Morgan fingerprint density at radius 1 is 1.19 bits per heavy atom. The third kappa shape index (κ3) is 3.66. The molecule has 0 saturated heterocycles. The molecule has 21 heavy (non-hydrogen) atoms. The summed E-state index contributed by atoms with van der Waals surface area (Å²) in [4.78, 5) is 1.29. The second-order valence-corrected chi connectivity index (χ2v) is 6.40. The SMILES string of the molecule is CCNCc1ccc(SCc2nnc3n2CCCC3)cc1. The Bertz CT molecular complexity index is 576. The van der Waals surface area contributed by atoms with Crippen molar-refractivity contribution in [3.8, 4) is 0 Å². The summed E-state index contributed by atoms with van der Waals surface area (Å²) < 4.78 is 2.30. The van der Waals surface area contributed by atoms with Gasteiger partial charge in [-0.15, -0.1) is 22.0 Å². The molecule has 1 aromatic carbocycles. The number of thioether (sulfide) groups is 1. The van der Waals surface area contributed by atoms with Crippen LogP contribution in [-0.2, 0) is 25.3 Å². The van der Waals surface area contributed by atoms with Gasteiger partial charge in [-0.25, -0.2) is 0 Å². The Kier molecular flexibility index (Phi) is 4.93. The molecule has 112 valence electrons. The standard InChI is InChI=1S/C16H22N4S/c1-2-17-11-13-6-8-14(9-7-13)21-12-16-19-18-15-5-3-4-10-20(15)16/h6-9,17H,2-5,10-12H2,1H3. The molecule has 1 N–H and O–H groups in total. The van der Waals surface area contributed by atoms with Gasteiger partial charge in [-0.05, 0) is 37.1 Å². The zero-order chi connectivity index (χ0) is 14.5. The maximum Gasteiger partial charge on any atom is 0.143 e. The lowest BCUT2D eigenvalue weighted by atomic mass is 10.2. The summed E-state index contributed by atoms with van der Waals surface area (Å²) in [5.74, 6) is 3.18. The molecule has 0 spiro atoms. The quantitative estimate of drug-likeness (QED) is 0.833. The highest BCUT2D eigenvalue weighted by Crippen LogP contribution is 2.24. The molecule has 2 aromatic rings. The molecule has 0 bridgehead atoms. The van der Waals surface area contributed by atoms with E-state index >= 15 is 0 Å². The molecular formula is C16H22N4S. The fourth-order valence-corrected chi connectivity index (χ4v) is 3.43. The number of benzene rings is 1. The van der Waals surface area contributed by atoms with E-state index in [4.69, 9.17) is 0 Å². The molecule has 1 aliphatic rings. The molecular weight excluding hydrogens is 280 g/mol. The van der Waals surface area contributed by atoms with Crippen molar-refractivity contribution in [1.29, 1.82) is 0 Å². The second kappa shape index (κ2) is 7.09. The summed E-state index contributed by atoms with van der Waals surface area (Å²) in [5, 5.41) is 12.0. The Balaban J connectivity index is 1.58. The fourth-order valence-electron chi connectivity index (χ4n) is 2.60. The average molecular weight is 302 g/mol. The monoisotopic (exact) mass is 302 g/mol. The number of rotatable bonds is 6. The van der Waals surface area contributed by atoms with Crippen molar-refractivity contribution >= 4 is 11.8 Å². The van der Waals surface area contributed by atoms with Crippen molar-refractivity contribution in [2.24, 2.45) is 0 Å². The Hall–Kier alpha value is -1.33. The van der Waals surface area contributed by atoms with Gasteiger partial charge in [0.2, 0.25) is 0 Å². The lowest BCUT2D eigenvalue weighted by Crippen LogP contribution is -2.12. The molecule has 3 rings (SSSR count). The number of nitrogens with zero attached hydrogens (tertiary/aromatic N) is 3. The fraction of sp³-hybridized carbons (Fsp3) is 0.500. The van der Waals surface area contributed by atoms with Crippen LogP contribution in [0.3, 0.4) is 0 Å². The van der Waals surface area contributed by atoms with Gasteiger partial charge in [-0.2, -0.15) is 0 Å². The van der Waals surface area contributed by atoms with E-state index in [-0.39, 0.29) is 0 Å². The Morgan fingerprint density at radius 3 is 2.86 bits per heavy atom. The number of aryl methyl sites for hydroxylation is 1. The van der Waals surface area contributed by atoms with Crippen LogP contribution in [-0.4, -0.2) is 21.3 Å². The van der Waals surface area contributed by atoms with Gasteiger partial charge in [0.05, 0.1) is 5.75 Å². The van der Waals surface area contributed by atoms with E-state index in [0.29, 0.717) is 0 Å². The lowest BCUT2D eigenvalue weighted by molar-refractivity contribution is 0.513. The maximum absolute atomic E-state index is 4.35. The van der Waals surface area contributed by atoms with E-state index in [0.717, 1.165) is 43.5 Å². The van der Waals surface area contributed by atoms with Gasteiger partial charge in [-0.1, -0.05) is 19.1 Å². The minimum atomic E-state index is 0.902. The minimum Gasteiger partial charge on any atom is -0.314 e. The third-order valence-corrected chi connectivity index (χ3v) is 4.81. The van der Waals surface area contributed by atoms with Gasteiger partial charge in [0, 0.05) is 24.4 Å². The minimum absolute atomic E-state index is 0.902. The Labute approximate surface area is 130 Å². The van der Waals surface area contributed by atoms with Crippen molar-refractivity contribution in [2.75, 3.05) is 6.54 Å². The van der Waals surface area contributed by atoms with Crippen LogP contribution < -0.4 is 5.32 Å². The second-order valence-electron chi connectivity index (χ2n) is 5.35. The topological polar surface area (TPSA) is 42.7 Å². The largest absolute Gasteiger partial charge is 0.314 e. The lowest BCUT2D eigenvalue weighted by Gasteiger charge is -2.14. The summed E-state index contributed by atoms with van der Waals surface area (Å²) in [7, 11) is 0. The summed E-state index contributed by atoms with van der Waals surface area (Å²) in [5.41, 5.74) is 1.33. The molecule has 0 amide bonds. The molecule has 0 radical (unpaired) electrons. The van der Waals surface area contributed by atoms with Crippen molar-refractivity contribution in [2.45, 2.75) is 49.9 Å². The summed E-state index contributed by atoms with van der Waals surface area (Å²) >= 11 is 1.84. The van der Waals surface area contributed by atoms with Crippen molar-refractivity contribution in [1.82, 2.24) is 20.1 Å². The van der Waals surface area contributed by atoms with Crippen LogP contribution in [0.15, 0.2) is 29.2 Å². The van der Waals surface area contributed by atoms with Crippen LogP contribution >= 0.6 is 11.8 Å². The van der Waals surface area contributed by atoms with E-state index < -0.39 is 0 Å². The predicted octanol–water partition coefficient (Wildman–Crippen LogP) is 3.02. The molecule has 0 saturated carbocycles. The Morgan fingerprint density at radius 2 is 2.05 bits per heavy atom. The van der Waals surface area contributed by atoms with E-state index in [1.807, 2.05) is 11.8 Å². The first kappa shape index (κ1) is 14.6. The number of aromatic nitrogens is 3. The van der Waals surface area contributed by atoms with Gasteiger partial charge in [0.25, 0.3) is 0 Å². The number of nitrogens with one attached hydrogen (secondary N) is 1. The van der Waals surface area contributed by atoms with Crippen molar-refractivity contribution < 1.29 is 0 Å². The summed E-state index contributed by atoms with van der Waals surface area (Å²) in [6.07, 6.45) is 3.58. The molecule has 0 unspecified atom stereocenters. The summed E-state index contributed by atoms with van der Waals surface area (Å²) in [6.45, 7) is 5.16. The maximum atomic E-state index is 4.35.